The fourth-order valence-corrected chi connectivity index (χ4v) is 4.14. The summed E-state index contributed by atoms with van der Waals surface area (Å²) in [6, 6.07) is 3.76. The third kappa shape index (κ3) is 5.10. The summed E-state index contributed by atoms with van der Waals surface area (Å²) >= 11 is 0. The van der Waals surface area contributed by atoms with Crippen molar-refractivity contribution < 1.29 is 12.8 Å². The van der Waals surface area contributed by atoms with E-state index in [-0.39, 0.29) is 11.8 Å². The Morgan fingerprint density at radius 1 is 1.39 bits per heavy atom. The Bertz CT molecular complexity index is 868. The molecule has 0 amide bonds. The average molecular weight is 410 g/mol. The van der Waals surface area contributed by atoms with Crippen molar-refractivity contribution in [2.24, 2.45) is 4.99 Å². The molecule has 0 atom stereocenters. The number of rotatable bonds is 7. The number of hydrogen-bond donors (Lipinski definition) is 3. The maximum Gasteiger partial charge on any atom is 0.216 e. The number of nitrogens with one attached hydrogen (secondary N) is 3. The Hall–Kier alpha value is -2.40. The zero-order valence-electron chi connectivity index (χ0n) is 16.2. The molecule has 1 fully saturated rings. The van der Waals surface area contributed by atoms with E-state index in [0.717, 1.165) is 19.4 Å². The van der Waals surface area contributed by atoms with E-state index in [2.05, 4.69) is 30.8 Å². The Morgan fingerprint density at radius 3 is 2.82 bits per heavy atom. The van der Waals surface area contributed by atoms with Gasteiger partial charge in [-0.3, -0.25) is 5.10 Å². The van der Waals surface area contributed by atoms with Crippen LogP contribution in [0.2, 0.25) is 0 Å². The van der Waals surface area contributed by atoms with Crippen molar-refractivity contribution in [3.05, 3.63) is 24.2 Å². The van der Waals surface area contributed by atoms with Crippen LogP contribution >= 0.6 is 0 Å². The van der Waals surface area contributed by atoms with Crippen molar-refractivity contribution in [3.63, 3.8) is 0 Å². The highest BCUT2D eigenvalue weighted by atomic mass is 32.2. The van der Waals surface area contributed by atoms with Crippen LogP contribution in [0.15, 0.2) is 27.8 Å². The van der Waals surface area contributed by atoms with Gasteiger partial charge >= 0.3 is 0 Å². The number of H-pyrrole nitrogens is 1. The van der Waals surface area contributed by atoms with Gasteiger partial charge in [0.1, 0.15) is 12.4 Å². The van der Waals surface area contributed by atoms with Gasteiger partial charge in [0.05, 0.1) is 12.0 Å². The Balaban J connectivity index is 1.56. The van der Waals surface area contributed by atoms with E-state index >= 15 is 0 Å². The number of piperidine rings is 1. The number of sulfonamides is 1. The first kappa shape index (κ1) is 20.3. The van der Waals surface area contributed by atoms with E-state index in [4.69, 9.17) is 4.42 Å². The predicted octanol–water partition coefficient (Wildman–Crippen LogP) is 0.934. The molecular formula is C17H27N7O3S. The second-order valence-corrected chi connectivity index (χ2v) is 8.75. The van der Waals surface area contributed by atoms with Gasteiger partial charge in [0.15, 0.2) is 11.7 Å². The van der Waals surface area contributed by atoms with Crippen LogP contribution in [0.3, 0.4) is 0 Å². The molecule has 1 aliphatic heterocycles. The highest BCUT2D eigenvalue weighted by Gasteiger charge is 2.27. The first-order chi connectivity index (χ1) is 13.5. The number of aromatic nitrogens is 3. The second-order valence-electron chi connectivity index (χ2n) is 6.50. The van der Waals surface area contributed by atoms with Crippen LogP contribution in [0.1, 0.15) is 32.5 Å². The van der Waals surface area contributed by atoms with Gasteiger partial charge in [0.2, 0.25) is 15.8 Å². The van der Waals surface area contributed by atoms with Gasteiger partial charge in [0, 0.05) is 25.7 Å². The van der Waals surface area contributed by atoms with E-state index in [9.17, 15) is 8.42 Å². The summed E-state index contributed by atoms with van der Waals surface area (Å²) in [6.45, 7) is 5.80. The van der Waals surface area contributed by atoms with Crippen LogP contribution in [-0.2, 0) is 16.6 Å². The van der Waals surface area contributed by atoms with Crippen LogP contribution in [0.4, 0.5) is 0 Å². The van der Waals surface area contributed by atoms with Gasteiger partial charge in [-0.2, -0.15) is 0 Å². The molecule has 0 aliphatic carbocycles. The first-order valence-electron chi connectivity index (χ1n) is 9.49. The van der Waals surface area contributed by atoms with Crippen LogP contribution in [-0.4, -0.2) is 65.3 Å². The fourth-order valence-electron chi connectivity index (χ4n) is 3.01. The van der Waals surface area contributed by atoms with Crippen LogP contribution in [0.25, 0.3) is 11.6 Å². The summed E-state index contributed by atoms with van der Waals surface area (Å²) in [4.78, 5) is 8.94. The van der Waals surface area contributed by atoms with Crippen molar-refractivity contribution in [2.45, 2.75) is 39.3 Å². The molecule has 3 rings (SSSR count). The molecule has 1 saturated heterocycles. The summed E-state index contributed by atoms with van der Waals surface area (Å²) in [6.07, 6.45) is 3.07. The van der Waals surface area contributed by atoms with Gasteiger partial charge in [-0.15, -0.1) is 5.10 Å². The molecule has 28 heavy (non-hydrogen) atoms. The molecule has 154 valence electrons. The van der Waals surface area contributed by atoms with Crippen molar-refractivity contribution in [3.8, 4) is 11.6 Å². The highest BCUT2D eigenvalue weighted by molar-refractivity contribution is 7.89. The molecule has 0 spiro atoms. The number of hydrogen-bond acceptors (Lipinski definition) is 6. The Labute approximate surface area is 164 Å². The van der Waals surface area contributed by atoms with E-state index in [1.165, 1.54) is 0 Å². The zero-order valence-corrected chi connectivity index (χ0v) is 17.0. The minimum Gasteiger partial charge on any atom is -0.461 e. The number of aliphatic imine (C=N–C) groups is 1. The lowest BCUT2D eigenvalue weighted by Gasteiger charge is -2.32. The Kier molecular flexibility index (Phi) is 6.68. The van der Waals surface area contributed by atoms with Crippen LogP contribution in [0.5, 0.6) is 0 Å². The van der Waals surface area contributed by atoms with E-state index in [0.29, 0.717) is 43.0 Å². The molecule has 10 nitrogen and oxygen atoms in total. The van der Waals surface area contributed by atoms with Crippen LogP contribution in [0, 0.1) is 0 Å². The quantitative estimate of drug-likeness (QED) is 0.458. The normalized spacial score (nSPS) is 17.0. The average Bonchev–Trinajstić information content (AvgIpc) is 3.38. The Morgan fingerprint density at radius 2 is 2.18 bits per heavy atom. The largest absolute Gasteiger partial charge is 0.461 e. The van der Waals surface area contributed by atoms with Crippen molar-refractivity contribution in [1.29, 1.82) is 0 Å². The van der Waals surface area contributed by atoms with Gasteiger partial charge in [-0.25, -0.2) is 22.7 Å². The summed E-state index contributed by atoms with van der Waals surface area (Å²) in [5.41, 5.74) is 0. The molecule has 11 heteroatoms. The third-order valence-corrected chi connectivity index (χ3v) is 6.44. The number of aromatic amines is 1. The van der Waals surface area contributed by atoms with E-state index in [1.807, 2.05) is 6.92 Å². The summed E-state index contributed by atoms with van der Waals surface area (Å²) in [5.74, 6) is 2.55. The molecule has 0 radical (unpaired) electrons. The molecule has 0 aromatic carbocycles. The lowest BCUT2D eigenvalue weighted by Crippen LogP contribution is -2.50. The topological polar surface area (TPSA) is 129 Å². The van der Waals surface area contributed by atoms with Crippen LogP contribution < -0.4 is 10.6 Å². The summed E-state index contributed by atoms with van der Waals surface area (Å²) in [5, 5.41) is 13.6. The monoisotopic (exact) mass is 409 g/mol. The third-order valence-electron chi connectivity index (χ3n) is 4.56. The van der Waals surface area contributed by atoms with Gasteiger partial charge < -0.3 is 15.1 Å². The lowest BCUT2D eigenvalue weighted by atomic mass is 10.1. The summed E-state index contributed by atoms with van der Waals surface area (Å²) < 4.78 is 30.8. The lowest BCUT2D eigenvalue weighted by molar-refractivity contribution is 0.306. The molecule has 3 N–H and O–H groups in total. The SMILES string of the molecule is CCNC(=NCc1nc(-c2ccco2)n[nH]1)NC1CCN(S(=O)(=O)CC)CC1. The molecule has 0 saturated carbocycles. The number of furan rings is 1. The maximum atomic E-state index is 12.0. The van der Waals surface area contributed by atoms with Crippen molar-refractivity contribution >= 4 is 16.0 Å². The van der Waals surface area contributed by atoms with E-state index in [1.54, 1.807) is 29.6 Å². The van der Waals surface area contributed by atoms with Gasteiger partial charge in [-0.05, 0) is 38.8 Å². The zero-order chi connectivity index (χ0) is 20.0. The molecule has 2 aromatic heterocycles. The standard InChI is InChI=1S/C17H27N7O3S/c1-3-18-17(20-13-7-9-24(10-8-13)28(25,26)4-2)19-12-15-21-16(23-22-15)14-6-5-11-27-14/h5-6,11,13H,3-4,7-10,12H2,1-2H3,(H2,18,19,20)(H,21,22,23). The molecule has 3 heterocycles. The van der Waals surface area contributed by atoms with E-state index < -0.39 is 10.0 Å². The molecular weight excluding hydrogens is 382 g/mol. The maximum absolute atomic E-state index is 12.0. The van der Waals surface area contributed by atoms with Gasteiger partial charge in [0.25, 0.3) is 0 Å². The minimum atomic E-state index is -3.11. The molecule has 2 aromatic rings. The molecule has 0 unspecified atom stereocenters. The molecule has 0 bridgehead atoms. The minimum absolute atomic E-state index is 0.145. The number of nitrogens with zero attached hydrogens (tertiary/aromatic N) is 4. The van der Waals surface area contributed by atoms with Crippen molar-refractivity contribution in [1.82, 2.24) is 30.1 Å². The number of guanidine groups is 1. The second kappa shape index (κ2) is 9.20. The summed E-state index contributed by atoms with van der Waals surface area (Å²) in [7, 11) is -3.11. The smallest absolute Gasteiger partial charge is 0.216 e. The first-order valence-corrected chi connectivity index (χ1v) is 11.1. The fraction of sp³-hybridized carbons (Fsp3) is 0.588. The van der Waals surface area contributed by atoms with Gasteiger partial charge in [-0.1, -0.05) is 0 Å². The molecule has 1 aliphatic rings. The highest BCUT2D eigenvalue weighted by Crippen LogP contribution is 2.15. The van der Waals surface area contributed by atoms with Crippen molar-refractivity contribution in [2.75, 3.05) is 25.4 Å². The predicted molar refractivity (Wildman–Crippen MR) is 106 cm³/mol.